The second-order valence-corrected chi connectivity index (χ2v) is 2.53. The first-order chi connectivity index (χ1) is 5.24. The van der Waals surface area contributed by atoms with E-state index in [2.05, 4.69) is 5.32 Å². The second-order valence-electron chi connectivity index (χ2n) is 2.53. The van der Waals surface area contributed by atoms with Gasteiger partial charge in [0.15, 0.2) is 0 Å². The van der Waals surface area contributed by atoms with Crippen molar-refractivity contribution in [1.82, 2.24) is 0 Å². The van der Waals surface area contributed by atoms with Gasteiger partial charge in [-0.05, 0) is 25.5 Å². The molecule has 11 heavy (non-hydrogen) atoms. The summed E-state index contributed by atoms with van der Waals surface area (Å²) in [7, 11) is 0. The summed E-state index contributed by atoms with van der Waals surface area (Å²) in [6.07, 6.45) is 0. The highest BCUT2D eigenvalue weighted by Crippen LogP contribution is 2.20. The first-order valence-electron chi connectivity index (χ1n) is 3.77. The summed E-state index contributed by atoms with van der Waals surface area (Å²) in [6.45, 7) is 4.78. The summed E-state index contributed by atoms with van der Waals surface area (Å²) < 4.78 is 0. The van der Waals surface area contributed by atoms with Crippen LogP contribution < -0.4 is 5.32 Å². The topological polar surface area (TPSA) is 32.3 Å². The fourth-order valence-corrected chi connectivity index (χ4v) is 0.923. The van der Waals surface area contributed by atoms with E-state index in [1.807, 2.05) is 26.0 Å². The lowest BCUT2D eigenvalue weighted by atomic mass is 10.2. The number of nitrogens with one attached hydrogen (secondary N) is 1. The van der Waals surface area contributed by atoms with E-state index in [9.17, 15) is 5.11 Å². The van der Waals surface area contributed by atoms with Crippen LogP contribution in [0.25, 0.3) is 0 Å². The van der Waals surface area contributed by atoms with Gasteiger partial charge in [-0.25, -0.2) is 0 Å². The van der Waals surface area contributed by atoms with Crippen molar-refractivity contribution in [3.8, 4) is 5.75 Å². The largest absolute Gasteiger partial charge is 0.508 e. The number of hydrogen-bond donors (Lipinski definition) is 2. The molecular weight excluding hydrogens is 138 g/mol. The van der Waals surface area contributed by atoms with Crippen LogP contribution in [0.3, 0.4) is 0 Å². The van der Waals surface area contributed by atoms with Crippen LogP contribution in [0.5, 0.6) is 5.75 Å². The van der Waals surface area contributed by atoms with Crippen LogP contribution in [-0.2, 0) is 0 Å². The van der Waals surface area contributed by atoms with Crippen LogP contribution in [0, 0.1) is 6.92 Å². The first kappa shape index (κ1) is 7.92. The zero-order chi connectivity index (χ0) is 8.27. The molecule has 0 aliphatic rings. The summed E-state index contributed by atoms with van der Waals surface area (Å²) >= 11 is 0. The van der Waals surface area contributed by atoms with Gasteiger partial charge >= 0.3 is 0 Å². The van der Waals surface area contributed by atoms with E-state index in [1.165, 1.54) is 0 Å². The molecule has 0 unspecified atom stereocenters. The molecule has 0 atom stereocenters. The van der Waals surface area contributed by atoms with Crippen LogP contribution >= 0.6 is 0 Å². The number of rotatable bonds is 2. The Kier molecular flexibility index (Phi) is 2.36. The molecule has 1 aromatic carbocycles. The molecule has 0 amide bonds. The molecule has 0 aliphatic carbocycles. The average molecular weight is 151 g/mol. The molecule has 2 nitrogen and oxygen atoms in total. The zero-order valence-corrected chi connectivity index (χ0v) is 6.89. The van der Waals surface area contributed by atoms with Gasteiger partial charge < -0.3 is 10.4 Å². The molecule has 0 saturated carbocycles. The van der Waals surface area contributed by atoms with E-state index in [-0.39, 0.29) is 0 Å². The second kappa shape index (κ2) is 3.28. The van der Waals surface area contributed by atoms with Gasteiger partial charge in [0.25, 0.3) is 0 Å². The van der Waals surface area contributed by atoms with Gasteiger partial charge in [-0.15, -0.1) is 0 Å². The minimum absolute atomic E-state index is 0.350. The van der Waals surface area contributed by atoms with Gasteiger partial charge in [0.2, 0.25) is 0 Å². The van der Waals surface area contributed by atoms with Crippen molar-refractivity contribution in [1.29, 1.82) is 0 Å². The molecule has 1 rings (SSSR count). The maximum absolute atomic E-state index is 9.29. The molecule has 0 aliphatic heterocycles. The van der Waals surface area contributed by atoms with Crippen LogP contribution in [-0.4, -0.2) is 11.7 Å². The van der Waals surface area contributed by atoms with E-state index in [4.69, 9.17) is 0 Å². The lowest BCUT2D eigenvalue weighted by Gasteiger charge is -2.04. The Hall–Kier alpha value is -1.18. The van der Waals surface area contributed by atoms with Crippen molar-refractivity contribution in [2.24, 2.45) is 0 Å². The molecule has 0 heterocycles. The zero-order valence-electron chi connectivity index (χ0n) is 6.89. The van der Waals surface area contributed by atoms with Crippen LogP contribution in [0.2, 0.25) is 0 Å². The molecule has 1 aromatic rings. The Morgan fingerprint density at radius 1 is 1.45 bits per heavy atom. The van der Waals surface area contributed by atoms with E-state index in [0.29, 0.717) is 5.75 Å². The minimum atomic E-state index is 0.350. The average Bonchev–Trinajstić information content (AvgIpc) is 1.98. The number of benzene rings is 1. The predicted octanol–water partition coefficient (Wildman–Crippen LogP) is 2.13. The monoisotopic (exact) mass is 151 g/mol. The van der Waals surface area contributed by atoms with Gasteiger partial charge in [-0.2, -0.15) is 0 Å². The molecule has 2 heteroatoms. The van der Waals surface area contributed by atoms with Crippen LogP contribution in [0.4, 0.5) is 5.69 Å². The first-order valence-corrected chi connectivity index (χ1v) is 3.77. The SMILES string of the molecule is CCNc1ccc(C)c(O)c1. The number of phenolic OH excluding ortho intramolecular Hbond substituents is 1. The maximum atomic E-state index is 9.29. The van der Waals surface area contributed by atoms with Gasteiger partial charge in [0, 0.05) is 18.3 Å². The molecule has 0 saturated heterocycles. The van der Waals surface area contributed by atoms with Crippen LogP contribution in [0.15, 0.2) is 18.2 Å². The third kappa shape index (κ3) is 1.87. The van der Waals surface area contributed by atoms with Crippen molar-refractivity contribution >= 4 is 5.69 Å². The Balaban J connectivity index is 2.86. The van der Waals surface area contributed by atoms with Crippen LogP contribution in [0.1, 0.15) is 12.5 Å². The molecule has 2 N–H and O–H groups in total. The Morgan fingerprint density at radius 3 is 2.73 bits per heavy atom. The molecule has 60 valence electrons. The van der Waals surface area contributed by atoms with E-state index in [1.54, 1.807) is 6.07 Å². The van der Waals surface area contributed by atoms with Crippen molar-refractivity contribution in [2.45, 2.75) is 13.8 Å². The molecule has 0 fully saturated rings. The van der Waals surface area contributed by atoms with Crippen molar-refractivity contribution in [3.05, 3.63) is 23.8 Å². The molecular formula is C9H13NO. The number of aryl methyl sites for hydroxylation is 1. The summed E-state index contributed by atoms with van der Waals surface area (Å²) in [4.78, 5) is 0. The molecule has 0 aromatic heterocycles. The number of phenols is 1. The number of aromatic hydroxyl groups is 1. The predicted molar refractivity (Wildman–Crippen MR) is 47.0 cm³/mol. The van der Waals surface area contributed by atoms with Crippen molar-refractivity contribution in [3.63, 3.8) is 0 Å². The lowest BCUT2D eigenvalue weighted by Crippen LogP contribution is -1.95. The number of anilines is 1. The summed E-state index contributed by atoms with van der Waals surface area (Å²) in [6, 6.07) is 5.59. The smallest absolute Gasteiger partial charge is 0.120 e. The van der Waals surface area contributed by atoms with Crippen molar-refractivity contribution in [2.75, 3.05) is 11.9 Å². The minimum Gasteiger partial charge on any atom is -0.508 e. The summed E-state index contributed by atoms with van der Waals surface area (Å²) in [5, 5.41) is 12.4. The maximum Gasteiger partial charge on any atom is 0.120 e. The van der Waals surface area contributed by atoms with Crippen molar-refractivity contribution < 1.29 is 5.11 Å². The molecule has 0 radical (unpaired) electrons. The van der Waals surface area contributed by atoms with Gasteiger partial charge in [0.05, 0.1) is 0 Å². The fourth-order valence-electron chi connectivity index (χ4n) is 0.923. The van der Waals surface area contributed by atoms with E-state index < -0.39 is 0 Å². The molecule has 0 spiro atoms. The Labute approximate surface area is 66.9 Å². The summed E-state index contributed by atoms with van der Waals surface area (Å²) in [5.74, 6) is 0.350. The van der Waals surface area contributed by atoms with E-state index in [0.717, 1.165) is 17.8 Å². The van der Waals surface area contributed by atoms with E-state index >= 15 is 0 Å². The molecule has 0 bridgehead atoms. The fraction of sp³-hybridized carbons (Fsp3) is 0.333. The third-order valence-corrected chi connectivity index (χ3v) is 1.59. The highest BCUT2D eigenvalue weighted by Gasteiger charge is 1.95. The lowest BCUT2D eigenvalue weighted by molar-refractivity contribution is 0.471. The summed E-state index contributed by atoms with van der Waals surface area (Å²) in [5.41, 5.74) is 1.88. The van der Waals surface area contributed by atoms with Gasteiger partial charge in [-0.1, -0.05) is 6.07 Å². The quantitative estimate of drug-likeness (QED) is 0.678. The highest BCUT2D eigenvalue weighted by molar-refractivity contribution is 5.50. The Bertz CT molecular complexity index is 245. The van der Waals surface area contributed by atoms with Gasteiger partial charge in [0.1, 0.15) is 5.75 Å². The third-order valence-electron chi connectivity index (χ3n) is 1.59. The highest BCUT2D eigenvalue weighted by atomic mass is 16.3. The normalized spacial score (nSPS) is 9.64. The standard InChI is InChI=1S/C9H13NO/c1-3-10-8-5-4-7(2)9(11)6-8/h4-6,10-11H,3H2,1-2H3. The van der Waals surface area contributed by atoms with Gasteiger partial charge in [-0.3, -0.25) is 0 Å². The Morgan fingerprint density at radius 2 is 2.18 bits per heavy atom. The number of hydrogen-bond acceptors (Lipinski definition) is 2.